The molecule has 1 rings (SSSR count). The molecule has 0 aliphatic heterocycles. The van der Waals surface area contributed by atoms with Crippen molar-refractivity contribution in [2.45, 2.75) is 6.10 Å². The molecule has 1 atom stereocenters. The molecule has 78 valence electrons. The van der Waals surface area contributed by atoms with Crippen molar-refractivity contribution in [2.75, 3.05) is 20.7 Å². The van der Waals surface area contributed by atoms with Gasteiger partial charge in [0.15, 0.2) is 0 Å². The molecule has 0 radical (unpaired) electrons. The van der Waals surface area contributed by atoms with Gasteiger partial charge in [0.1, 0.15) is 5.75 Å². The molecule has 0 fully saturated rings. The zero-order valence-electron chi connectivity index (χ0n) is 8.25. The maximum atomic E-state index is 9.77. The summed E-state index contributed by atoms with van der Waals surface area (Å²) in [5, 5.41) is 12.7. The number of nitrogens with one attached hydrogen (secondary N) is 1. The Hall–Kier alpha value is -0.580. The summed E-state index contributed by atoms with van der Waals surface area (Å²) < 4.78 is 5.98. The van der Waals surface area contributed by atoms with Crippen LogP contribution in [0.15, 0.2) is 22.7 Å². The normalized spacial score (nSPS) is 12.6. The molecule has 0 heterocycles. The van der Waals surface area contributed by atoms with Crippen LogP contribution in [-0.4, -0.2) is 25.8 Å². The predicted octanol–water partition coefficient (Wildman–Crippen LogP) is 1.71. The Labute approximate surface area is 92.2 Å². The highest BCUT2D eigenvalue weighted by atomic mass is 79.9. The summed E-state index contributed by atoms with van der Waals surface area (Å²) in [5.41, 5.74) is 0.832. The molecule has 0 aromatic heterocycles. The van der Waals surface area contributed by atoms with Crippen LogP contribution in [0.5, 0.6) is 5.75 Å². The van der Waals surface area contributed by atoms with E-state index in [2.05, 4.69) is 21.2 Å². The summed E-state index contributed by atoms with van der Waals surface area (Å²) >= 11 is 3.39. The van der Waals surface area contributed by atoms with E-state index in [1.807, 2.05) is 18.2 Å². The topological polar surface area (TPSA) is 41.5 Å². The summed E-state index contributed by atoms with van der Waals surface area (Å²) in [4.78, 5) is 0. The molecular formula is C10H14BrNO2. The van der Waals surface area contributed by atoms with Crippen molar-refractivity contribution in [3.05, 3.63) is 28.2 Å². The third kappa shape index (κ3) is 2.70. The van der Waals surface area contributed by atoms with Gasteiger partial charge < -0.3 is 15.2 Å². The summed E-state index contributed by atoms with van der Waals surface area (Å²) in [6.45, 7) is 0.520. The minimum Gasteiger partial charge on any atom is -0.497 e. The number of aliphatic hydroxyl groups excluding tert-OH is 1. The van der Waals surface area contributed by atoms with E-state index < -0.39 is 6.10 Å². The van der Waals surface area contributed by atoms with Gasteiger partial charge in [0.05, 0.1) is 13.2 Å². The van der Waals surface area contributed by atoms with E-state index in [9.17, 15) is 5.11 Å². The van der Waals surface area contributed by atoms with Crippen LogP contribution in [-0.2, 0) is 0 Å². The molecule has 0 saturated carbocycles. The highest BCUT2D eigenvalue weighted by Crippen LogP contribution is 2.27. The van der Waals surface area contributed by atoms with E-state index in [4.69, 9.17) is 4.74 Å². The Morgan fingerprint density at radius 1 is 1.57 bits per heavy atom. The molecule has 2 N–H and O–H groups in total. The standard InChI is InChI=1S/C10H14BrNO2/c1-12-6-10(13)8-5-7(14-2)3-4-9(8)11/h3-5,10,12-13H,6H2,1-2H3. The second-order valence-corrected chi connectivity index (χ2v) is 3.82. The molecule has 0 saturated heterocycles. The maximum absolute atomic E-state index is 9.77. The van der Waals surface area contributed by atoms with Gasteiger partial charge in [-0.2, -0.15) is 0 Å². The van der Waals surface area contributed by atoms with Crippen LogP contribution in [0.25, 0.3) is 0 Å². The highest BCUT2D eigenvalue weighted by molar-refractivity contribution is 9.10. The Kier molecular flexibility index (Phi) is 4.38. The fourth-order valence-corrected chi connectivity index (χ4v) is 1.72. The van der Waals surface area contributed by atoms with Gasteiger partial charge in [0.25, 0.3) is 0 Å². The number of likely N-dealkylation sites (N-methyl/N-ethyl adjacent to an activating group) is 1. The van der Waals surface area contributed by atoms with Crippen LogP contribution in [0.2, 0.25) is 0 Å². The summed E-state index contributed by atoms with van der Waals surface area (Å²) in [7, 11) is 3.41. The van der Waals surface area contributed by atoms with Gasteiger partial charge in [-0.15, -0.1) is 0 Å². The lowest BCUT2D eigenvalue weighted by molar-refractivity contribution is 0.176. The smallest absolute Gasteiger partial charge is 0.119 e. The van der Waals surface area contributed by atoms with Gasteiger partial charge >= 0.3 is 0 Å². The van der Waals surface area contributed by atoms with Gasteiger partial charge in [0.2, 0.25) is 0 Å². The fourth-order valence-electron chi connectivity index (χ4n) is 1.21. The van der Waals surface area contributed by atoms with Crippen LogP contribution in [0.3, 0.4) is 0 Å². The SMILES string of the molecule is CNCC(O)c1cc(OC)ccc1Br. The lowest BCUT2D eigenvalue weighted by atomic mass is 10.1. The van der Waals surface area contributed by atoms with E-state index in [-0.39, 0.29) is 0 Å². The second-order valence-electron chi connectivity index (χ2n) is 2.96. The Balaban J connectivity index is 2.93. The van der Waals surface area contributed by atoms with Crippen molar-refractivity contribution in [1.82, 2.24) is 5.32 Å². The van der Waals surface area contributed by atoms with Gasteiger partial charge in [-0.05, 0) is 30.8 Å². The molecule has 14 heavy (non-hydrogen) atoms. The Morgan fingerprint density at radius 3 is 2.86 bits per heavy atom. The number of aliphatic hydroxyl groups is 1. The first-order chi connectivity index (χ1) is 6.69. The number of rotatable bonds is 4. The average Bonchev–Trinajstić information content (AvgIpc) is 2.19. The maximum Gasteiger partial charge on any atom is 0.119 e. The molecule has 0 spiro atoms. The lowest BCUT2D eigenvalue weighted by Crippen LogP contribution is -2.17. The van der Waals surface area contributed by atoms with Gasteiger partial charge in [0, 0.05) is 11.0 Å². The molecule has 3 nitrogen and oxygen atoms in total. The van der Waals surface area contributed by atoms with Gasteiger partial charge in [-0.25, -0.2) is 0 Å². The molecule has 0 aliphatic rings. The zero-order chi connectivity index (χ0) is 10.6. The van der Waals surface area contributed by atoms with Crippen molar-refractivity contribution in [3.8, 4) is 5.75 Å². The number of ether oxygens (including phenoxy) is 1. The molecule has 1 unspecified atom stereocenters. The highest BCUT2D eigenvalue weighted by Gasteiger charge is 2.11. The van der Waals surface area contributed by atoms with Crippen LogP contribution < -0.4 is 10.1 Å². The van der Waals surface area contributed by atoms with Crippen LogP contribution in [0.4, 0.5) is 0 Å². The molecule has 1 aromatic carbocycles. The molecule has 0 bridgehead atoms. The third-order valence-electron chi connectivity index (χ3n) is 1.96. The Bertz CT molecular complexity index is 304. The Morgan fingerprint density at radius 2 is 2.29 bits per heavy atom. The molecular weight excluding hydrogens is 246 g/mol. The van der Waals surface area contributed by atoms with Crippen molar-refractivity contribution < 1.29 is 9.84 Å². The summed E-state index contributed by atoms with van der Waals surface area (Å²) in [6.07, 6.45) is -0.524. The number of benzene rings is 1. The van der Waals surface area contributed by atoms with Crippen molar-refractivity contribution in [3.63, 3.8) is 0 Å². The number of halogens is 1. The molecule has 0 aliphatic carbocycles. The van der Waals surface area contributed by atoms with E-state index >= 15 is 0 Å². The fraction of sp³-hybridized carbons (Fsp3) is 0.400. The first-order valence-electron chi connectivity index (χ1n) is 4.35. The minimum absolute atomic E-state index is 0.520. The van der Waals surface area contributed by atoms with Crippen molar-refractivity contribution in [1.29, 1.82) is 0 Å². The summed E-state index contributed by atoms with van der Waals surface area (Å²) in [5.74, 6) is 0.748. The first-order valence-corrected chi connectivity index (χ1v) is 5.14. The number of methoxy groups -OCH3 is 1. The number of hydrogen-bond donors (Lipinski definition) is 2. The van der Waals surface area contributed by atoms with E-state index in [1.165, 1.54) is 0 Å². The monoisotopic (exact) mass is 259 g/mol. The third-order valence-corrected chi connectivity index (χ3v) is 2.68. The van der Waals surface area contributed by atoms with E-state index in [1.54, 1.807) is 14.2 Å². The van der Waals surface area contributed by atoms with Crippen molar-refractivity contribution >= 4 is 15.9 Å². The molecule has 0 amide bonds. The molecule has 1 aromatic rings. The quantitative estimate of drug-likeness (QED) is 0.866. The predicted molar refractivity (Wildman–Crippen MR) is 59.6 cm³/mol. The van der Waals surface area contributed by atoms with Crippen LogP contribution in [0.1, 0.15) is 11.7 Å². The average molecular weight is 260 g/mol. The lowest BCUT2D eigenvalue weighted by Gasteiger charge is -2.13. The van der Waals surface area contributed by atoms with Gasteiger partial charge in [-0.3, -0.25) is 0 Å². The minimum atomic E-state index is -0.524. The number of hydrogen-bond acceptors (Lipinski definition) is 3. The van der Waals surface area contributed by atoms with Crippen LogP contribution >= 0.6 is 15.9 Å². The molecule has 4 heteroatoms. The van der Waals surface area contributed by atoms with Gasteiger partial charge in [-0.1, -0.05) is 15.9 Å². The zero-order valence-corrected chi connectivity index (χ0v) is 9.84. The van der Waals surface area contributed by atoms with Crippen LogP contribution in [0, 0.1) is 0 Å². The first kappa shape index (κ1) is 11.5. The van der Waals surface area contributed by atoms with E-state index in [0.717, 1.165) is 15.8 Å². The van der Waals surface area contributed by atoms with E-state index in [0.29, 0.717) is 6.54 Å². The largest absolute Gasteiger partial charge is 0.497 e. The second kappa shape index (κ2) is 5.34. The summed E-state index contributed by atoms with van der Waals surface area (Å²) in [6, 6.07) is 5.54. The van der Waals surface area contributed by atoms with Crippen molar-refractivity contribution in [2.24, 2.45) is 0 Å².